The Kier molecular flexibility index (Phi) is 6.10. The predicted molar refractivity (Wildman–Crippen MR) is 94.3 cm³/mol. The van der Waals surface area contributed by atoms with Crippen LogP contribution in [0, 0.1) is 0 Å². The highest BCUT2D eigenvalue weighted by Gasteiger charge is 2.23. The van der Waals surface area contributed by atoms with E-state index in [0.717, 1.165) is 5.56 Å². The van der Waals surface area contributed by atoms with Gasteiger partial charge in [0.2, 0.25) is 10.0 Å². The number of sulfonamides is 1. The molecule has 0 aliphatic rings. The molecule has 0 aliphatic carbocycles. The first-order valence-corrected chi connectivity index (χ1v) is 9.22. The second-order valence-electron chi connectivity index (χ2n) is 5.11. The van der Waals surface area contributed by atoms with Crippen LogP contribution in [0.4, 0.5) is 0 Å². The molecular formula is C17H20ClNO4S. The number of nitrogens with zero attached hydrogens (tertiary/aromatic N) is 1. The Morgan fingerprint density at radius 1 is 1.12 bits per heavy atom. The molecule has 0 bridgehead atoms. The van der Waals surface area contributed by atoms with Crippen molar-refractivity contribution in [3.63, 3.8) is 0 Å². The van der Waals surface area contributed by atoms with E-state index in [0.29, 0.717) is 18.1 Å². The molecule has 0 heterocycles. The molecular weight excluding hydrogens is 350 g/mol. The van der Waals surface area contributed by atoms with Gasteiger partial charge in [-0.05, 0) is 36.8 Å². The molecule has 0 amide bonds. The smallest absolute Gasteiger partial charge is 0.244 e. The highest BCUT2D eigenvalue weighted by atomic mass is 35.5. The van der Waals surface area contributed by atoms with Crippen LogP contribution in [0.15, 0.2) is 47.4 Å². The van der Waals surface area contributed by atoms with Gasteiger partial charge in [0, 0.05) is 13.6 Å². The lowest BCUT2D eigenvalue weighted by Crippen LogP contribution is -2.26. The summed E-state index contributed by atoms with van der Waals surface area (Å²) in [6.07, 6.45) is 0. The van der Waals surface area contributed by atoms with E-state index >= 15 is 0 Å². The normalized spacial score (nSPS) is 11.5. The van der Waals surface area contributed by atoms with Gasteiger partial charge in [0.05, 0.1) is 18.7 Å². The number of benzene rings is 2. The third kappa shape index (κ3) is 4.01. The standard InChI is InChI=1S/C17H20ClNO4S/c1-4-23-15-10-9-13(11-16(15)22-3)12-19(2)24(20,21)17-8-6-5-7-14(17)18/h5-11H,4,12H2,1-3H3. The zero-order valence-corrected chi connectivity index (χ0v) is 15.4. The second-order valence-corrected chi connectivity index (χ2v) is 7.53. The number of ether oxygens (including phenoxy) is 2. The summed E-state index contributed by atoms with van der Waals surface area (Å²) in [5.41, 5.74) is 0.786. The summed E-state index contributed by atoms with van der Waals surface area (Å²) in [5.74, 6) is 1.19. The van der Waals surface area contributed by atoms with Crippen LogP contribution in [0.3, 0.4) is 0 Å². The fourth-order valence-electron chi connectivity index (χ4n) is 2.25. The van der Waals surface area contributed by atoms with E-state index in [1.54, 1.807) is 37.4 Å². The molecule has 130 valence electrons. The van der Waals surface area contributed by atoms with Gasteiger partial charge in [0.25, 0.3) is 0 Å². The van der Waals surface area contributed by atoms with Crippen molar-refractivity contribution in [1.29, 1.82) is 0 Å². The van der Waals surface area contributed by atoms with Gasteiger partial charge in [0.15, 0.2) is 11.5 Å². The highest BCUT2D eigenvalue weighted by Crippen LogP contribution is 2.30. The Labute approximate surface area is 147 Å². The number of hydrogen-bond donors (Lipinski definition) is 0. The van der Waals surface area contributed by atoms with Gasteiger partial charge in [0.1, 0.15) is 4.90 Å². The van der Waals surface area contributed by atoms with Crippen molar-refractivity contribution >= 4 is 21.6 Å². The molecule has 0 fully saturated rings. The fourth-order valence-corrected chi connectivity index (χ4v) is 3.90. The maximum atomic E-state index is 12.7. The van der Waals surface area contributed by atoms with Gasteiger partial charge >= 0.3 is 0 Å². The molecule has 0 aromatic heterocycles. The van der Waals surface area contributed by atoms with Crippen LogP contribution in [0.2, 0.25) is 5.02 Å². The van der Waals surface area contributed by atoms with Crippen molar-refractivity contribution in [2.75, 3.05) is 20.8 Å². The first-order chi connectivity index (χ1) is 11.4. The van der Waals surface area contributed by atoms with Crippen molar-refractivity contribution in [3.8, 4) is 11.5 Å². The lowest BCUT2D eigenvalue weighted by molar-refractivity contribution is 0.310. The van der Waals surface area contributed by atoms with E-state index in [2.05, 4.69) is 0 Å². The van der Waals surface area contributed by atoms with Crippen molar-refractivity contribution in [3.05, 3.63) is 53.1 Å². The van der Waals surface area contributed by atoms with Gasteiger partial charge in [-0.15, -0.1) is 0 Å². The van der Waals surface area contributed by atoms with Gasteiger partial charge in [-0.2, -0.15) is 4.31 Å². The Hall–Kier alpha value is -1.76. The first kappa shape index (κ1) is 18.6. The van der Waals surface area contributed by atoms with Crippen molar-refractivity contribution in [2.24, 2.45) is 0 Å². The van der Waals surface area contributed by atoms with Crippen molar-refractivity contribution < 1.29 is 17.9 Å². The molecule has 7 heteroatoms. The van der Waals surface area contributed by atoms with E-state index in [9.17, 15) is 8.42 Å². The summed E-state index contributed by atoms with van der Waals surface area (Å²) in [6.45, 7) is 2.60. The molecule has 5 nitrogen and oxygen atoms in total. The summed E-state index contributed by atoms with van der Waals surface area (Å²) in [6, 6.07) is 11.7. The van der Waals surface area contributed by atoms with Crippen LogP contribution >= 0.6 is 11.6 Å². The van der Waals surface area contributed by atoms with Crippen LogP contribution < -0.4 is 9.47 Å². The summed E-state index contributed by atoms with van der Waals surface area (Å²) in [7, 11) is -0.616. The quantitative estimate of drug-likeness (QED) is 0.748. The average molecular weight is 370 g/mol. The molecule has 0 aliphatic heterocycles. The third-order valence-corrected chi connectivity index (χ3v) is 5.76. The lowest BCUT2D eigenvalue weighted by atomic mass is 10.2. The minimum Gasteiger partial charge on any atom is -0.493 e. The van der Waals surface area contributed by atoms with Crippen LogP contribution in [0.5, 0.6) is 11.5 Å². The molecule has 0 radical (unpaired) electrons. The maximum Gasteiger partial charge on any atom is 0.244 e. The van der Waals surface area contributed by atoms with E-state index in [-0.39, 0.29) is 16.5 Å². The van der Waals surface area contributed by atoms with Crippen LogP contribution in [-0.4, -0.2) is 33.5 Å². The Balaban J connectivity index is 2.26. The summed E-state index contributed by atoms with van der Waals surface area (Å²) < 4.78 is 37.3. The van der Waals surface area contributed by atoms with Crippen LogP contribution in [0.25, 0.3) is 0 Å². The zero-order valence-electron chi connectivity index (χ0n) is 13.8. The van der Waals surface area contributed by atoms with Crippen LogP contribution in [-0.2, 0) is 16.6 Å². The maximum absolute atomic E-state index is 12.7. The summed E-state index contributed by atoms with van der Waals surface area (Å²) in [5, 5.41) is 0.202. The van der Waals surface area contributed by atoms with Crippen molar-refractivity contribution in [2.45, 2.75) is 18.4 Å². The fraction of sp³-hybridized carbons (Fsp3) is 0.294. The molecule has 0 spiro atoms. The summed E-state index contributed by atoms with van der Waals surface area (Å²) in [4.78, 5) is 0.0899. The molecule has 24 heavy (non-hydrogen) atoms. The van der Waals surface area contributed by atoms with Gasteiger partial charge < -0.3 is 9.47 Å². The third-order valence-electron chi connectivity index (χ3n) is 3.46. The number of halogens is 1. The minimum absolute atomic E-state index is 0.0899. The van der Waals surface area contributed by atoms with Gasteiger partial charge in [-0.25, -0.2) is 8.42 Å². The van der Waals surface area contributed by atoms with E-state index in [1.165, 1.54) is 17.4 Å². The molecule has 0 saturated carbocycles. The van der Waals surface area contributed by atoms with E-state index < -0.39 is 10.0 Å². The molecule has 0 N–H and O–H groups in total. The highest BCUT2D eigenvalue weighted by molar-refractivity contribution is 7.89. The number of methoxy groups -OCH3 is 1. The average Bonchev–Trinajstić information content (AvgIpc) is 2.56. The Bertz CT molecular complexity index is 808. The minimum atomic E-state index is -3.68. The first-order valence-electron chi connectivity index (χ1n) is 7.40. The molecule has 2 rings (SSSR count). The second kappa shape index (κ2) is 7.88. The monoisotopic (exact) mass is 369 g/mol. The van der Waals surface area contributed by atoms with Crippen molar-refractivity contribution in [1.82, 2.24) is 4.31 Å². The largest absolute Gasteiger partial charge is 0.493 e. The topological polar surface area (TPSA) is 55.8 Å². The predicted octanol–water partition coefficient (Wildman–Crippen LogP) is 3.57. The number of rotatable bonds is 7. The van der Waals surface area contributed by atoms with E-state index in [4.69, 9.17) is 21.1 Å². The molecule has 2 aromatic rings. The summed E-state index contributed by atoms with van der Waals surface area (Å²) >= 11 is 6.02. The Morgan fingerprint density at radius 3 is 2.46 bits per heavy atom. The number of hydrogen-bond acceptors (Lipinski definition) is 4. The van der Waals surface area contributed by atoms with Crippen LogP contribution in [0.1, 0.15) is 12.5 Å². The van der Waals surface area contributed by atoms with E-state index in [1.807, 2.05) is 13.0 Å². The van der Waals surface area contributed by atoms with Gasteiger partial charge in [-0.1, -0.05) is 29.8 Å². The van der Waals surface area contributed by atoms with Gasteiger partial charge in [-0.3, -0.25) is 0 Å². The SMILES string of the molecule is CCOc1ccc(CN(C)S(=O)(=O)c2ccccc2Cl)cc1OC. The lowest BCUT2D eigenvalue weighted by Gasteiger charge is -2.19. The zero-order chi connectivity index (χ0) is 17.7. The Morgan fingerprint density at radius 2 is 1.83 bits per heavy atom. The molecule has 0 saturated heterocycles. The molecule has 0 atom stereocenters. The molecule has 2 aromatic carbocycles. The molecule has 0 unspecified atom stereocenters.